The van der Waals surface area contributed by atoms with Crippen molar-refractivity contribution in [2.24, 2.45) is 0 Å². The van der Waals surface area contributed by atoms with Crippen molar-refractivity contribution in [3.05, 3.63) is 59.2 Å². The average Bonchev–Trinajstić information content (AvgIpc) is 2.61. The van der Waals surface area contributed by atoms with Crippen LogP contribution < -0.4 is 4.74 Å². The van der Waals surface area contributed by atoms with E-state index in [1.165, 1.54) is 4.90 Å². The van der Waals surface area contributed by atoms with E-state index in [1.807, 2.05) is 23.9 Å². The van der Waals surface area contributed by atoms with Gasteiger partial charge in [0.25, 0.3) is 0 Å². The molecule has 4 heteroatoms. The third-order valence-corrected chi connectivity index (χ3v) is 5.39. The first-order valence-electron chi connectivity index (χ1n) is 8.80. The van der Waals surface area contributed by atoms with Crippen molar-refractivity contribution in [1.82, 2.24) is 0 Å². The van der Waals surface area contributed by atoms with Crippen molar-refractivity contribution in [2.75, 3.05) is 13.2 Å². The summed E-state index contributed by atoms with van der Waals surface area (Å²) in [6.45, 7) is 9.38. The molecule has 2 aromatic carbocycles. The molecule has 0 amide bonds. The lowest BCUT2D eigenvalue weighted by molar-refractivity contribution is 0.0526. The molecule has 0 spiro atoms. The number of carbonyl (C=O) groups is 1. The fourth-order valence-electron chi connectivity index (χ4n) is 2.79. The third kappa shape index (κ3) is 4.31. The zero-order valence-electron chi connectivity index (χ0n) is 15.7. The molecular weight excluding hydrogens is 344 g/mol. The number of rotatable bonds is 4. The standard InChI is InChI=1S/C22H24O3S/c1-5-24-21(23)17-8-6-16(7-9-17)12-15(2)18-10-11-20-19(13-18)25-14-22(3,4)26-20/h6-13H,5,14H2,1-4H3/b15-12+. The molecule has 0 bridgehead atoms. The van der Waals surface area contributed by atoms with Crippen molar-refractivity contribution in [3.63, 3.8) is 0 Å². The van der Waals surface area contributed by atoms with Crippen LogP contribution in [0.15, 0.2) is 47.4 Å². The van der Waals surface area contributed by atoms with Crippen LogP contribution in [-0.4, -0.2) is 23.9 Å². The first kappa shape index (κ1) is 18.6. The van der Waals surface area contributed by atoms with Gasteiger partial charge in [-0.3, -0.25) is 0 Å². The van der Waals surface area contributed by atoms with Gasteiger partial charge in [-0.25, -0.2) is 4.79 Å². The summed E-state index contributed by atoms with van der Waals surface area (Å²) in [6, 6.07) is 13.8. The van der Waals surface area contributed by atoms with Crippen molar-refractivity contribution in [1.29, 1.82) is 0 Å². The van der Waals surface area contributed by atoms with E-state index in [2.05, 4.69) is 45.0 Å². The second-order valence-electron chi connectivity index (χ2n) is 6.98. The van der Waals surface area contributed by atoms with E-state index >= 15 is 0 Å². The molecule has 0 aliphatic carbocycles. The Bertz CT molecular complexity index is 835. The van der Waals surface area contributed by atoms with Crippen LogP contribution in [0.25, 0.3) is 11.6 Å². The molecular formula is C22H24O3S. The van der Waals surface area contributed by atoms with Crippen LogP contribution >= 0.6 is 11.8 Å². The van der Waals surface area contributed by atoms with Crippen LogP contribution in [-0.2, 0) is 4.74 Å². The Kier molecular flexibility index (Phi) is 5.42. The van der Waals surface area contributed by atoms with Gasteiger partial charge in [0.05, 0.1) is 17.1 Å². The van der Waals surface area contributed by atoms with Crippen LogP contribution in [0, 0.1) is 0 Å². The van der Waals surface area contributed by atoms with Gasteiger partial charge in [-0.1, -0.05) is 24.3 Å². The highest BCUT2D eigenvalue weighted by Gasteiger charge is 2.27. The summed E-state index contributed by atoms with van der Waals surface area (Å²) in [7, 11) is 0. The van der Waals surface area contributed by atoms with E-state index in [0.717, 1.165) is 22.4 Å². The van der Waals surface area contributed by atoms with E-state index in [9.17, 15) is 4.79 Å². The molecule has 1 aliphatic heterocycles. The number of ether oxygens (including phenoxy) is 2. The summed E-state index contributed by atoms with van der Waals surface area (Å²) in [5, 5.41) is 0. The van der Waals surface area contributed by atoms with Gasteiger partial charge < -0.3 is 9.47 Å². The minimum absolute atomic E-state index is 0.111. The summed E-state index contributed by atoms with van der Waals surface area (Å²) in [4.78, 5) is 12.9. The Morgan fingerprint density at radius 2 is 1.88 bits per heavy atom. The lowest BCUT2D eigenvalue weighted by Gasteiger charge is -2.30. The number of carbonyl (C=O) groups excluding carboxylic acids is 1. The molecule has 0 aromatic heterocycles. The molecule has 26 heavy (non-hydrogen) atoms. The Morgan fingerprint density at radius 1 is 1.19 bits per heavy atom. The van der Waals surface area contributed by atoms with Gasteiger partial charge in [0.15, 0.2) is 0 Å². The van der Waals surface area contributed by atoms with Crippen LogP contribution in [0.1, 0.15) is 49.2 Å². The maximum Gasteiger partial charge on any atom is 0.338 e. The van der Waals surface area contributed by atoms with Gasteiger partial charge in [-0.05, 0) is 68.7 Å². The maximum atomic E-state index is 11.7. The first-order chi connectivity index (χ1) is 12.4. The molecule has 1 heterocycles. The molecule has 3 nitrogen and oxygen atoms in total. The lowest BCUT2D eigenvalue weighted by Crippen LogP contribution is -2.28. The quantitative estimate of drug-likeness (QED) is 0.513. The van der Waals surface area contributed by atoms with Gasteiger partial charge in [-0.2, -0.15) is 0 Å². The number of benzene rings is 2. The zero-order chi connectivity index (χ0) is 18.7. The van der Waals surface area contributed by atoms with E-state index in [0.29, 0.717) is 18.8 Å². The number of thioether (sulfide) groups is 1. The molecule has 136 valence electrons. The fraction of sp³-hybridized carbons (Fsp3) is 0.318. The van der Waals surface area contributed by atoms with Crippen LogP contribution in [0.4, 0.5) is 0 Å². The SMILES string of the molecule is CCOC(=O)c1ccc(/C=C(\C)c2ccc3c(c2)OCC(C)(C)S3)cc1. The molecule has 0 atom stereocenters. The second-order valence-corrected chi connectivity index (χ2v) is 8.73. The lowest BCUT2D eigenvalue weighted by atomic mass is 10.0. The highest BCUT2D eigenvalue weighted by atomic mass is 32.2. The minimum atomic E-state index is -0.285. The number of allylic oxidation sites excluding steroid dienone is 1. The molecule has 1 aliphatic rings. The molecule has 0 unspecified atom stereocenters. The molecule has 0 saturated carbocycles. The summed E-state index contributed by atoms with van der Waals surface area (Å²) in [5.41, 5.74) is 3.90. The van der Waals surface area contributed by atoms with E-state index in [-0.39, 0.29) is 10.7 Å². The van der Waals surface area contributed by atoms with Gasteiger partial charge in [0, 0.05) is 4.75 Å². The fourth-order valence-corrected chi connectivity index (χ4v) is 3.86. The molecule has 0 saturated heterocycles. The Labute approximate surface area is 159 Å². The molecule has 2 aromatic rings. The summed E-state index contributed by atoms with van der Waals surface area (Å²) in [6.07, 6.45) is 2.11. The monoisotopic (exact) mass is 368 g/mol. The van der Waals surface area contributed by atoms with Crippen molar-refractivity contribution >= 4 is 29.4 Å². The van der Waals surface area contributed by atoms with Crippen molar-refractivity contribution < 1.29 is 14.3 Å². The molecule has 0 radical (unpaired) electrons. The van der Waals surface area contributed by atoms with Crippen LogP contribution in [0.2, 0.25) is 0 Å². The minimum Gasteiger partial charge on any atom is -0.491 e. The van der Waals surface area contributed by atoms with E-state index in [4.69, 9.17) is 9.47 Å². The summed E-state index contributed by atoms with van der Waals surface area (Å²) < 4.78 is 11.1. The normalized spacial score (nSPS) is 15.8. The first-order valence-corrected chi connectivity index (χ1v) is 9.61. The number of esters is 1. The zero-order valence-corrected chi connectivity index (χ0v) is 16.5. The van der Waals surface area contributed by atoms with Crippen molar-refractivity contribution in [2.45, 2.75) is 37.3 Å². The summed E-state index contributed by atoms with van der Waals surface area (Å²) in [5.74, 6) is 0.671. The Morgan fingerprint density at radius 3 is 2.58 bits per heavy atom. The van der Waals surface area contributed by atoms with Crippen LogP contribution in [0.5, 0.6) is 5.75 Å². The Balaban J connectivity index is 1.79. The highest BCUT2D eigenvalue weighted by Crippen LogP contribution is 2.43. The van der Waals surface area contributed by atoms with E-state index < -0.39 is 0 Å². The third-order valence-electron chi connectivity index (χ3n) is 4.17. The molecule has 0 N–H and O–H groups in total. The number of hydrogen-bond acceptors (Lipinski definition) is 4. The largest absolute Gasteiger partial charge is 0.491 e. The molecule has 3 rings (SSSR count). The smallest absolute Gasteiger partial charge is 0.338 e. The maximum absolute atomic E-state index is 11.7. The van der Waals surface area contributed by atoms with Gasteiger partial charge in [-0.15, -0.1) is 11.8 Å². The number of fused-ring (bicyclic) bond motifs is 1. The average molecular weight is 368 g/mol. The van der Waals surface area contributed by atoms with E-state index in [1.54, 1.807) is 19.1 Å². The second kappa shape index (κ2) is 7.58. The molecule has 0 fully saturated rings. The summed E-state index contributed by atoms with van der Waals surface area (Å²) >= 11 is 1.86. The predicted octanol–water partition coefficient (Wildman–Crippen LogP) is 5.69. The van der Waals surface area contributed by atoms with Gasteiger partial charge in [0.2, 0.25) is 0 Å². The van der Waals surface area contributed by atoms with Gasteiger partial charge >= 0.3 is 5.97 Å². The topological polar surface area (TPSA) is 35.5 Å². The predicted molar refractivity (Wildman–Crippen MR) is 108 cm³/mol. The van der Waals surface area contributed by atoms with Crippen LogP contribution in [0.3, 0.4) is 0 Å². The van der Waals surface area contributed by atoms with Crippen molar-refractivity contribution in [3.8, 4) is 5.75 Å². The highest BCUT2D eigenvalue weighted by molar-refractivity contribution is 8.00. The number of hydrogen-bond donors (Lipinski definition) is 0. The van der Waals surface area contributed by atoms with Gasteiger partial charge in [0.1, 0.15) is 12.4 Å². The Hall–Kier alpha value is -2.20.